The van der Waals surface area contributed by atoms with Crippen molar-refractivity contribution in [3.05, 3.63) is 24.3 Å². The van der Waals surface area contributed by atoms with Crippen molar-refractivity contribution in [3.8, 4) is 0 Å². The van der Waals surface area contributed by atoms with Gasteiger partial charge in [-0.05, 0) is 12.1 Å². The quantitative estimate of drug-likeness (QED) is 0.388. The maximum absolute atomic E-state index is 11.9. The summed E-state index contributed by atoms with van der Waals surface area (Å²) in [7, 11) is -2.10. The third kappa shape index (κ3) is 3.54. The number of benzene rings is 1. The number of aliphatic hydroxyl groups is 1. The van der Waals surface area contributed by atoms with Gasteiger partial charge in [-0.25, -0.2) is 13.2 Å². The predicted molar refractivity (Wildman–Crippen MR) is 66.1 cm³/mol. The minimum Gasteiger partial charge on any atom is -0.394 e. The largest absolute Gasteiger partial charge is 0.394 e. The van der Waals surface area contributed by atoms with Crippen LogP contribution >= 0.6 is 0 Å². The molecule has 0 saturated heterocycles. The van der Waals surface area contributed by atoms with Crippen molar-refractivity contribution >= 4 is 29.3 Å². The molecule has 1 aromatic carbocycles. The topological polar surface area (TPSA) is 119 Å². The van der Waals surface area contributed by atoms with Crippen LogP contribution in [0.5, 0.6) is 0 Å². The van der Waals surface area contributed by atoms with Gasteiger partial charge in [-0.3, -0.25) is 0 Å². The van der Waals surface area contributed by atoms with E-state index in [9.17, 15) is 13.2 Å². The Morgan fingerprint density at radius 2 is 2.00 bits per heavy atom. The van der Waals surface area contributed by atoms with Crippen molar-refractivity contribution in [2.75, 3.05) is 6.61 Å². The average molecular weight is 272 g/mol. The van der Waals surface area contributed by atoms with Crippen LogP contribution in [0.2, 0.25) is 0 Å². The molecule has 1 unspecified atom stereocenters. The van der Waals surface area contributed by atoms with Crippen LogP contribution in [0, 0.1) is 0 Å². The summed E-state index contributed by atoms with van der Waals surface area (Å²) in [5.74, 6) is 3.57. The van der Waals surface area contributed by atoms with E-state index in [0.29, 0.717) is 0 Å². The molecule has 0 aliphatic rings. The van der Waals surface area contributed by atoms with Gasteiger partial charge >= 0.3 is 5.97 Å². The number of hydrogen-bond donors (Lipinski definition) is 3. The molecule has 1 atom stereocenters. The van der Waals surface area contributed by atoms with E-state index < -0.39 is 28.6 Å². The summed E-state index contributed by atoms with van der Waals surface area (Å²) in [6.45, 7) is -0.749. The van der Waals surface area contributed by atoms with Crippen molar-refractivity contribution in [2.24, 2.45) is 5.90 Å². The first kappa shape index (κ1) is 14.6. The Hall–Kier alpha value is -1.42. The molecule has 7 nitrogen and oxygen atoms in total. The standard InChI is InChI=1S/C9H13BN2O5S/c10-6-1-3-7(4-2-6)18(15,16)12-8(5-13)9(14)17-11/h1-4,8,12-13H,5,10-11H2. The molecule has 98 valence electrons. The highest BCUT2D eigenvalue weighted by Crippen LogP contribution is 2.07. The van der Waals surface area contributed by atoms with Crippen LogP contribution in [0.25, 0.3) is 0 Å². The summed E-state index contributed by atoms with van der Waals surface area (Å²) in [5.41, 5.74) is 0.897. The van der Waals surface area contributed by atoms with E-state index in [4.69, 9.17) is 5.11 Å². The van der Waals surface area contributed by atoms with Gasteiger partial charge < -0.3 is 9.94 Å². The average Bonchev–Trinajstić information content (AvgIpc) is 2.35. The summed E-state index contributed by atoms with van der Waals surface area (Å²) in [6, 6.07) is 4.58. The molecular formula is C9H13BN2O5S. The van der Waals surface area contributed by atoms with Crippen molar-refractivity contribution in [3.63, 3.8) is 0 Å². The van der Waals surface area contributed by atoms with E-state index in [-0.39, 0.29) is 4.90 Å². The summed E-state index contributed by atoms with van der Waals surface area (Å²) in [6.07, 6.45) is 0. The van der Waals surface area contributed by atoms with Gasteiger partial charge in [0.2, 0.25) is 10.0 Å². The van der Waals surface area contributed by atoms with Crippen LogP contribution in [0.1, 0.15) is 0 Å². The lowest BCUT2D eigenvalue weighted by Gasteiger charge is -2.13. The third-order valence-electron chi connectivity index (χ3n) is 2.21. The van der Waals surface area contributed by atoms with Crippen molar-refractivity contribution in [1.82, 2.24) is 4.72 Å². The molecule has 1 rings (SSSR count). The van der Waals surface area contributed by atoms with Crippen molar-refractivity contribution < 1.29 is 23.2 Å². The first-order valence-corrected chi connectivity index (χ1v) is 6.49. The van der Waals surface area contributed by atoms with Crippen LogP contribution in [-0.4, -0.2) is 40.0 Å². The molecule has 18 heavy (non-hydrogen) atoms. The fraction of sp³-hybridized carbons (Fsp3) is 0.222. The molecule has 0 bridgehead atoms. The molecule has 0 saturated carbocycles. The number of sulfonamides is 1. The maximum atomic E-state index is 11.9. The summed E-state index contributed by atoms with van der Waals surface area (Å²) >= 11 is 0. The normalized spacial score (nSPS) is 13.0. The van der Waals surface area contributed by atoms with Crippen LogP contribution in [0.4, 0.5) is 0 Å². The second-order valence-electron chi connectivity index (χ2n) is 3.61. The lowest BCUT2D eigenvalue weighted by Crippen LogP contribution is -2.45. The molecule has 0 aliphatic heterocycles. The lowest BCUT2D eigenvalue weighted by molar-refractivity contribution is -0.147. The predicted octanol–water partition coefficient (Wildman–Crippen LogP) is -3.00. The maximum Gasteiger partial charge on any atom is 0.345 e. The number of nitrogens with two attached hydrogens (primary N) is 1. The van der Waals surface area contributed by atoms with Crippen LogP contribution < -0.4 is 16.1 Å². The minimum absolute atomic E-state index is 0.0172. The van der Waals surface area contributed by atoms with Gasteiger partial charge in [-0.2, -0.15) is 10.6 Å². The van der Waals surface area contributed by atoms with Gasteiger partial charge in [0.15, 0.2) is 0 Å². The van der Waals surface area contributed by atoms with E-state index in [1.807, 2.05) is 12.6 Å². The van der Waals surface area contributed by atoms with E-state index in [1.165, 1.54) is 12.1 Å². The number of aliphatic hydroxyl groups excluding tert-OH is 1. The third-order valence-corrected chi connectivity index (χ3v) is 3.70. The number of rotatable bonds is 5. The van der Waals surface area contributed by atoms with E-state index >= 15 is 0 Å². The van der Waals surface area contributed by atoms with E-state index in [1.54, 1.807) is 12.1 Å². The van der Waals surface area contributed by atoms with Crippen LogP contribution in [0.3, 0.4) is 0 Å². The van der Waals surface area contributed by atoms with Crippen LogP contribution in [-0.2, 0) is 19.7 Å². The molecule has 0 aliphatic carbocycles. The molecule has 9 heteroatoms. The van der Waals surface area contributed by atoms with Gasteiger partial charge in [0.1, 0.15) is 13.9 Å². The molecule has 4 N–H and O–H groups in total. The van der Waals surface area contributed by atoms with Crippen molar-refractivity contribution in [2.45, 2.75) is 10.9 Å². The highest BCUT2D eigenvalue weighted by Gasteiger charge is 2.26. The van der Waals surface area contributed by atoms with Gasteiger partial charge in [-0.15, -0.1) is 0 Å². The summed E-state index contributed by atoms with van der Waals surface area (Å²) < 4.78 is 25.7. The van der Waals surface area contributed by atoms with Gasteiger partial charge in [-0.1, -0.05) is 17.6 Å². The smallest absolute Gasteiger partial charge is 0.345 e. The van der Waals surface area contributed by atoms with Crippen LogP contribution in [0.15, 0.2) is 29.2 Å². The Kier molecular flexibility index (Phi) is 4.85. The molecule has 0 aromatic heterocycles. The Bertz CT molecular complexity index is 516. The minimum atomic E-state index is -3.91. The highest BCUT2D eigenvalue weighted by atomic mass is 32.2. The number of hydrogen-bond acceptors (Lipinski definition) is 6. The molecule has 0 amide bonds. The molecule has 0 spiro atoms. The zero-order valence-electron chi connectivity index (χ0n) is 9.66. The Balaban J connectivity index is 2.94. The Morgan fingerprint density at radius 3 is 2.44 bits per heavy atom. The fourth-order valence-corrected chi connectivity index (χ4v) is 2.39. The number of carbonyl (C=O) groups is 1. The Morgan fingerprint density at radius 1 is 1.44 bits per heavy atom. The lowest BCUT2D eigenvalue weighted by atomic mass is 9.97. The molecule has 0 radical (unpaired) electrons. The molecule has 0 fully saturated rings. The second-order valence-corrected chi connectivity index (χ2v) is 5.32. The molecule has 1 aromatic rings. The van der Waals surface area contributed by atoms with Crippen molar-refractivity contribution in [1.29, 1.82) is 0 Å². The molecule has 0 heterocycles. The Labute approximate surface area is 105 Å². The zero-order chi connectivity index (χ0) is 13.8. The van der Waals surface area contributed by atoms with E-state index in [0.717, 1.165) is 5.46 Å². The number of nitrogens with one attached hydrogen (secondary N) is 1. The summed E-state index contributed by atoms with van der Waals surface area (Å²) in [4.78, 5) is 14.9. The van der Waals surface area contributed by atoms with E-state index in [2.05, 4.69) is 10.7 Å². The fourth-order valence-electron chi connectivity index (χ4n) is 1.21. The SMILES string of the molecule is Bc1ccc(S(=O)(=O)NC(CO)C(=O)ON)cc1. The monoisotopic (exact) mass is 272 g/mol. The number of carbonyl (C=O) groups excluding carboxylic acids is 1. The zero-order valence-corrected chi connectivity index (χ0v) is 10.5. The van der Waals surface area contributed by atoms with Gasteiger partial charge in [0, 0.05) is 0 Å². The molecular weight excluding hydrogens is 259 g/mol. The summed E-state index contributed by atoms with van der Waals surface area (Å²) in [5, 5.41) is 8.90. The highest BCUT2D eigenvalue weighted by molar-refractivity contribution is 7.89. The first-order valence-electron chi connectivity index (χ1n) is 5.01. The van der Waals surface area contributed by atoms with Gasteiger partial charge in [0.25, 0.3) is 0 Å². The van der Waals surface area contributed by atoms with Gasteiger partial charge in [0.05, 0.1) is 11.5 Å². The first-order chi connectivity index (χ1) is 8.40. The second kappa shape index (κ2) is 5.96.